The van der Waals surface area contributed by atoms with Gasteiger partial charge in [0.15, 0.2) is 0 Å². The first-order valence-corrected chi connectivity index (χ1v) is 17.2. The van der Waals surface area contributed by atoms with Crippen molar-refractivity contribution < 1.29 is 21.9 Å². The van der Waals surface area contributed by atoms with Crippen molar-refractivity contribution in [2.45, 2.75) is 63.2 Å². The Morgan fingerprint density at radius 1 is 0.714 bits per heavy atom. The Hall–Kier alpha value is -0.250. The molecule has 0 aromatic heterocycles. The second kappa shape index (κ2) is 15.9. The first kappa shape index (κ1) is 31.0. The molecule has 0 radical (unpaired) electrons. The quantitative estimate of drug-likeness (QED) is 0.206. The number of likely N-dealkylation sites (tertiary alicyclic amines) is 2. The van der Waals surface area contributed by atoms with Gasteiger partial charge in [0, 0.05) is 11.5 Å². The van der Waals surface area contributed by atoms with Crippen LogP contribution in [0.5, 0.6) is 0 Å². The van der Waals surface area contributed by atoms with Gasteiger partial charge in [-0.25, -0.2) is 0 Å². The van der Waals surface area contributed by atoms with Gasteiger partial charge in [0.2, 0.25) is 0 Å². The summed E-state index contributed by atoms with van der Waals surface area (Å²) in [6.45, 7) is 10.3. The lowest BCUT2D eigenvalue weighted by Gasteiger charge is -2.37. The Bertz CT molecular complexity index is 771. The van der Waals surface area contributed by atoms with Crippen molar-refractivity contribution in [2.24, 2.45) is 0 Å². The third-order valence-electron chi connectivity index (χ3n) is 7.49. The molecule has 202 valence electrons. The van der Waals surface area contributed by atoms with Crippen molar-refractivity contribution in [3.05, 3.63) is 29.8 Å². The predicted octanol–water partition coefficient (Wildman–Crippen LogP) is 5.74. The standard InChI is InChI=1S/C20H42N2S2.C7H8O3S/c1-21(11-5-3-6-12-21)15-19-23-17-9-10-18-24-20-16-22(2)13-7-4-8-14-22;1-6-2-4-7(5-3-6)11(8,9)10/h3-20H2,1-2H3;2-5H,1H3,(H,8,9,10)/q+2;. The second-order valence-electron chi connectivity index (χ2n) is 10.9. The molecule has 0 amide bonds. The van der Waals surface area contributed by atoms with E-state index in [4.69, 9.17) is 4.55 Å². The van der Waals surface area contributed by atoms with Gasteiger partial charge in [-0.05, 0) is 81.9 Å². The second-order valence-corrected chi connectivity index (χ2v) is 14.8. The zero-order valence-corrected chi connectivity index (χ0v) is 24.9. The summed E-state index contributed by atoms with van der Waals surface area (Å²) in [5, 5.41) is 0. The minimum atomic E-state index is -4.02. The molecular weight excluding hydrogens is 497 g/mol. The number of quaternary nitrogens is 2. The van der Waals surface area contributed by atoms with Crippen LogP contribution in [0.25, 0.3) is 0 Å². The summed E-state index contributed by atoms with van der Waals surface area (Å²) < 4.78 is 32.2. The normalized spacial score (nSPS) is 19.5. The van der Waals surface area contributed by atoms with Crippen molar-refractivity contribution in [1.29, 1.82) is 0 Å². The highest BCUT2D eigenvalue weighted by molar-refractivity contribution is 7.99. The molecule has 2 fully saturated rings. The molecule has 0 atom stereocenters. The van der Waals surface area contributed by atoms with Gasteiger partial charge in [0.05, 0.1) is 58.3 Å². The van der Waals surface area contributed by atoms with E-state index in [9.17, 15) is 8.42 Å². The van der Waals surface area contributed by atoms with Crippen LogP contribution in [-0.2, 0) is 10.1 Å². The lowest BCUT2D eigenvalue weighted by molar-refractivity contribution is -0.911. The molecular formula is C27H50N2O3S3+2. The Balaban J connectivity index is 0.000000328. The molecule has 2 aliphatic heterocycles. The van der Waals surface area contributed by atoms with Gasteiger partial charge in [-0.2, -0.15) is 31.9 Å². The van der Waals surface area contributed by atoms with Crippen molar-refractivity contribution >= 4 is 33.6 Å². The molecule has 1 aromatic rings. The largest absolute Gasteiger partial charge is 0.325 e. The van der Waals surface area contributed by atoms with Gasteiger partial charge < -0.3 is 8.97 Å². The summed E-state index contributed by atoms with van der Waals surface area (Å²) in [5.41, 5.74) is 0.956. The molecule has 0 spiro atoms. The van der Waals surface area contributed by atoms with Crippen LogP contribution in [0.1, 0.15) is 56.9 Å². The summed E-state index contributed by atoms with van der Waals surface area (Å²) in [7, 11) is 0.928. The number of benzene rings is 1. The van der Waals surface area contributed by atoms with Gasteiger partial charge in [-0.15, -0.1) is 0 Å². The van der Waals surface area contributed by atoms with E-state index in [2.05, 4.69) is 37.6 Å². The Morgan fingerprint density at radius 3 is 1.49 bits per heavy atom. The number of piperidine rings is 2. The smallest absolute Gasteiger partial charge is 0.294 e. The molecule has 0 aliphatic carbocycles. The molecule has 1 N–H and O–H groups in total. The molecule has 5 nitrogen and oxygen atoms in total. The number of hydrogen-bond donors (Lipinski definition) is 1. The van der Waals surface area contributed by atoms with E-state index < -0.39 is 10.1 Å². The Labute approximate surface area is 224 Å². The zero-order chi connectivity index (χ0) is 25.6. The van der Waals surface area contributed by atoms with Crippen LogP contribution in [-0.4, -0.2) is 98.3 Å². The van der Waals surface area contributed by atoms with Crippen LogP contribution in [0.15, 0.2) is 29.2 Å². The maximum absolute atomic E-state index is 10.5. The predicted molar refractivity (Wildman–Crippen MR) is 154 cm³/mol. The highest BCUT2D eigenvalue weighted by Crippen LogP contribution is 2.19. The SMILES string of the molecule is C[N+]1(CCSCCCCSCC[N+]2(C)CCCCC2)CCCCC1.Cc1ccc(S(=O)(=O)O)cc1. The van der Waals surface area contributed by atoms with Crippen LogP contribution in [0.3, 0.4) is 0 Å². The molecule has 0 saturated carbocycles. The van der Waals surface area contributed by atoms with Gasteiger partial charge in [0.1, 0.15) is 0 Å². The lowest BCUT2D eigenvalue weighted by atomic mass is 10.1. The summed E-state index contributed by atoms with van der Waals surface area (Å²) >= 11 is 4.41. The number of rotatable bonds is 12. The summed E-state index contributed by atoms with van der Waals surface area (Å²) in [4.78, 5) is -0.0666. The van der Waals surface area contributed by atoms with E-state index in [-0.39, 0.29) is 4.90 Å². The first-order valence-electron chi connectivity index (χ1n) is 13.5. The van der Waals surface area contributed by atoms with Gasteiger partial charge >= 0.3 is 0 Å². The average Bonchev–Trinajstić information content (AvgIpc) is 2.81. The highest BCUT2D eigenvalue weighted by Gasteiger charge is 2.24. The van der Waals surface area contributed by atoms with E-state index in [1.807, 2.05) is 6.92 Å². The summed E-state index contributed by atoms with van der Waals surface area (Å²) in [6.07, 6.45) is 11.6. The zero-order valence-electron chi connectivity index (χ0n) is 22.4. The first-order chi connectivity index (χ1) is 16.6. The maximum atomic E-state index is 10.5. The number of unbranched alkanes of at least 4 members (excludes halogenated alkanes) is 1. The third kappa shape index (κ3) is 13.2. The van der Waals surface area contributed by atoms with Crippen LogP contribution in [0, 0.1) is 6.92 Å². The molecule has 0 unspecified atom stereocenters. The van der Waals surface area contributed by atoms with E-state index in [0.717, 1.165) is 5.56 Å². The number of thioether (sulfide) groups is 2. The number of hydrogen-bond acceptors (Lipinski definition) is 4. The lowest BCUT2D eigenvalue weighted by Crippen LogP contribution is -2.49. The monoisotopic (exact) mass is 546 g/mol. The minimum absolute atomic E-state index is 0.0666. The van der Waals surface area contributed by atoms with Gasteiger partial charge in [0.25, 0.3) is 10.1 Å². The van der Waals surface area contributed by atoms with Crippen molar-refractivity contribution in [1.82, 2.24) is 0 Å². The summed E-state index contributed by atoms with van der Waals surface area (Å²) in [6, 6.07) is 5.99. The molecule has 2 heterocycles. The molecule has 3 rings (SSSR count). The Kier molecular flexibility index (Phi) is 14.0. The van der Waals surface area contributed by atoms with Crippen LogP contribution in [0.4, 0.5) is 0 Å². The Morgan fingerprint density at radius 2 is 1.11 bits per heavy atom. The van der Waals surface area contributed by atoms with Gasteiger partial charge in [-0.1, -0.05) is 17.7 Å². The number of nitrogens with zero attached hydrogens (tertiary/aromatic N) is 2. The van der Waals surface area contributed by atoms with E-state index >= 15 is 0 Å². The average molecular weight is 547 g/mol. The molecule has 8 heteroatoms. The van der Waals surface area contributed by atoms with Crippen molar-refractivity contribution in [3.63, 3.8) is 0 Å². The molecule has 35 heavy (non-hydrogen) atoms. The van der Waals surface area contributed by atoms with E-state index in [0.29, 0.717) is 0 Å². The van der Waals surface area contributed by atoms with E-state index in [1.165, 1.54) is 135 Å². The third-order valence-corrected chi connectivity index (χ3v) is 10.5. The van der Waals surface area contributed by atoms with Gasteiger partial charge in [-0.3, -0.25) is 4.55 Å². The fourth-order valence-corrected chi connectivity index (χ4v) is 7.74. The summed E-state index contributed by atoms with van der Waals surface area (Å²) in [5.74, 6) is 5.52. The highest BCUT2D eigenvalue weighted by atomic mass is 32.2. The topological polar surface area (TPSA) is 54.4 Å². The maximum Gasteiger partial charge on any atom is 0.294 e. The fourth-order valence-electron chi connectivity index (χ4n) is 4.89. The minimum Gasteiger partial charge on any atom is -0.325 e. The van der Waals surface area contributed by atoms with Crippen LogP contribution < -0.4 is 0 Å². The van der Waals surface area contributed by atoms with Crippen molar-refractivity contribution in [3.8, 4) is 0 Å². The van der Waals surface area contributed by atoms with E-state index in [1.54, 1.807) is 12.1 Å². The van der Waals surface area contributed by atoms with Crippen LogP contribution in [0.2, 0.25) is 0 Å². The van der Waals surface area contributed by atoms with Crippen molar-refractivity contribution in [2.75, 3.05) is 76.4 Å². The molecule has 0 bridgehead atoms. The molecule has 1 aromatic carbocycles. The number of aryl methyl sites for hydroxylation is 1. The molecule has 2 aliphatic rings. The molecule has 2 saturated heterocycles. The fraction of sp³-hybridized carbons (Fsp3) is 0.778. The van der Waals surface area contributed by atoms with Crippen LogP contribution >= 0.6 is 23.5 Å².